The van der Waals surface area contributed by atoms with Crippen LogP contribution >= 0.6 is 0 Å². The predicted molar refractivity (Wildman–Crippen MR) is 80.3 cm³/mol. The van der Waals surface area contributed by atoms with Crippen molar-refractivity contribution in [3.05, 3.63) is 65.2 Å². The van der Waals surface area contributed by atoms with Crippen LogP contribution in [-0.2, 0) is 6.54 Å². The molecule has 21 heavy (non-hydrogen) atoms. The quantitative estimate of drug-likeness (QED) is 0.907. The Kier molecular flexibility index (Phi) is 3.88. The molecule has 0 fully saturated rings. The van der Waals surface area contributed by atoms with Crippen LogP contribution in [0.3, 0.4) is 0 Å². The molecule has 0 aliphatic carbocycles. The van der Waals surface area contributed by atoms with Gasteiger partial charge >= 0.3 is 0 Å². The van der Waals surface area contributed by atoms with Gasteiger partial charge < -0.3 is 10.2 Å². The topological polar surface area (TPSA) is 15.3 Å². The van der Waals surface area contributed by atoms with Crippen molar-refractivity contribution >= 4 is 5.69 Å². The summed E-state index contributed by atoms with van der Waals surface area (Å²) in [4.78, 5) is 2.13. The zero-order valence-electron chi connectivity index (χ0n) is 11.9. The third kappa shape index (κ3) is 2.76. The first-order chi connectivity index (χ1) is 10.2. The molecule has 2 aromatic carbocycles. The summed E-state index contributed by atoms with van der Waals surface area (Å²) < 4.78 is 27.5. The number of anilines is 1. The van der Waals surface area contributed by atoms with Crippen molar-refractivity contribution in [1.82, 2.24) is 5.32 Å². The van der Waals surface area contributed by atoms with E-state index in [-0.39, 0.29) is 11.9 Å². The summed E-state index contributed by atoms with van der Waals surface area (Å²) in [6, 6.07) is 11.5. The average molecular weight is 288 g/mol. The van der Waals surface area contributed by atoms with E-state index in [1.165, 1.54) is 17.7 Å². The zero-order valence-corrected chi connectivity index (χ0v) is 11.9. The lowest BCUT2D eigenvalue weighted by Gasteiger charge is -2.31. The van der Waals surface area contributed by atoms with Gasteiger partial charge in [0.15, 0.2) is 0 Å². The summed E-state index contributed by atoms with van der Waals surface area (Å²) in [6.45, 7) is 4.29. The fraction of sp³-hybridized carbons (Fsp3) is 0.294. The van der Waals surface area contributed by atoms with E-state index < -0.39 is 5.82 Å². The maximum Gasteiger partial charge on any atom is 0.128 e. The van der Waals surface area contributed by atoms with Gasteiger partial charge in [0.25, 0.3) is 0 Å². The highest BCUT2D eigenvalue weighted by Crippen LogP contribution is 2.32. The molecule has 0 radical (unpaired) electrons. The van der Waals surface area contributed by atoms with Crippen LogP contribution < -0.4 is 10.2 Å². The monoisotopic (exact) mass is 288 g/mol. The number of fused-ring (bicyclic) bond motifs is 1. The van der Waals surface area contributed by atoms with Gasteiger partial charge in [0.1, 0.15) is 11.6 Å². The number of hydrogen-bond donors (Lipinski definition) is 1. The molecule has 0 spiro atoms. The van der Waals surface area contributed by atoms with Crippen molar-refractivity contribution in [2.75, 3.05) is 18.0 Å². The molecule has 3 rings (SSSR count). The van der Waals surface area contributed by atoms with Crippen molar-refractivity contribution in [3.63, 3.8) is 0 Å². The third-order valence-corrected chi connectivity index (χ3v) is 4.02. The number of hydrogen-bond acceptors (Lipinski definition) is 2. The number of benzene rings is 2. The molecule has 4 heteroatoms. The summed E-state index contributed by atoms with van der Waals surface area (Å²) in [5, 5.41) is 3.36. The average Bonchev–Trinajstić information content (AvgIpc) is 2.71. The summed E-state index contributed by atoms with van der Waals surface area (Å²) in [5.41, 5.74) is 2.66. The standard InChI is InChI=1S/C17H18F2N2/c1-12(15-10-14(18)6-7-16(15)19)21-9-8-20-11-13-4-2-3-5-17(13)21/h2-7,10,12,20H,8-9,11H2,1H3. The van der Waals surface area contributed by atoms with Gasteiger partial charge in [-0.2, -0.15) is 0 Å². The fourth-order valence-electron chi connectivity index (χ4n) is 2.89. The second-order valence-corrected chi connectivity index (χ2v) is 5.34. The highest BCUT2D eigenvalue weighted by molar-refractivity contribution is 5.56. The highest BCUT2D eigenvalue weighted by Gasteiger charge is 2.23. The molecule has 110 valence electrons. The lowest BCUT2D eigenvalue weighted by atomic mass is 10.0. The van der Waals surface area contributed by atoms with Crippen LogP contribution in [-0.4, -0.2) is 13.1 Å². The van der Waals surface area contributed by atoms with E-state index in [1.807, 2.05) is 25.1 Å². The Morgan fingerprint density at radius 2 is 1.95 bits per heavy atom. The normalized spacial score (nSPS) is 16.2. The summed E-state index contributed by atoms with van der Waals surface area (Å²) >= 11 is 0. The predicted octanol–water partition coefficient (Wildman–Crippen LogP) is 3.64. The molecule has 1 aliphatic heterocycles. The minimum Gasteiger partial charge on any atom is -0.363 e. The molecule has 2 nitrogen and oxygen atoms in total. The molecule has 0 amide bonds. The molecule has 1 N–H and O–H groups in total. The Morgan fingerprint density at radius 3 is 2.81 bits per heavy atom. The molecule has 0 saturated heterocycles. The summed E-state index contributed by atoms with van der Waals surface area (Å²) in [5.74, 6) is -0.766. The van der Waals surface area contributed by atoms with Crippen molar-refractivity contribution < 1.29 is 8.78 Å². The van der Waals surface area contributed by atoms with Gasteiger partial charge in [-0.05, 0) is 36.8 Å². The number of para-hydroxylation sites is 1. The lowest BCUT2D eigenvalue weighted by Crippen LogP contribution is -2.31. The SMILES string of the molecule is CC(c1cc(F)ccc1F)N1CCNCc2ccccc21. The lowest BCUT2D eigenvalue weighted by molar-refractivity contribution is 0.554. The number of rotatable bonds is 2. The Balaban J connectivity index is 2.01. The molecule has 0 saturated carbocycles. The van der Waals surface area contributed by atoms with Gasteiger partial charge in [-0.25, -0.2) is 8.78 Å². The first-order valence-corrected chi connectivity index (χ1v) is 7.17. The molecule has 1 aliphatic rings. The third-order valence-electron chi connectivity index (χ3n) is 4.02. The van der Waals surface area contributed by atoms with Crippen molar-refractivity contribution in [1.29, 1.82) is 0 Å². The van der Waals surface area contributed by atoms with E-state index >= 15 is 0 Å². The van der Waals surface area contributed by atoms with E-state index in [0.717, 1.165) is 31.4 Å². The molecular weight excluding hydrogens is 270 g/mol. The molecule has 1 unspecified atom stereocenters. The molecule has 0 bridgehead atoms. The molecular formula is C17H18F2N2. The maximum atomic E-state index is 14.0. The zero-order chi connectivity index (χ0) is 14.8. The fourth-order valence-corrected chi connectivity index (χ4v) is 2.89. The van der Waals surface area contributed by atoms with Crippen molar-refractivity contribution in [3.8, 4) is 0 Å². The first-order valence-electron chi connectivity index (χ1n) is 7.17. The molecule has 2 aromatic rings. The minimum atomic E-state index is -0.403. The van der Waals surface area contributed by atoms with Crippen LogP contribution in [0, 0.1) is 11.6 Å². The largest absolute Gasteiger partial charge is 0.363 e. The van der Waals surface area contributed by atoms with Crippen LogP contribution in [0.25, 0.3) is 0 Å². The number of halogens is 2. The van der Waals surface area contributed by atoms with Gasteiger partial charge in [-0.1, -0.05) is 18.2 Å². The van der Waals surface area contributed by atoms with Crippen LogP contribution in [0.15, 0.2) is 42.5 Å². The molecule has 1 atom stereocenters. The second-order valence-electron chi connectivity index (χ2n) is 5.34. The second kappa shape index (κ2) is 5.82. The Bertz CT molecular complexity index is 642. The van der Waals surface area contributed by atoms with E-state index in [1.54, 1.807) is 0 Å². The van der Waals surface area contributed by atoms with Crippen molar-refractivity contribution in [2.24, 2.45) is 0 Å². The Hall–Kier alpha value is -1.94. The van der Waals surface area contributed by atoms with E-state index in [2.05, 4.69) is 16.3 Å². The molecule has 0 aromatic heterocycles. The van der Waals surface area contributed by atoms with Crippen LogP contribution in [0.5, 0.6) is 0 Å². The van der Waals surface area contributed by atoms with E-state index in [0.29, 0.717) is 5.56 Å². The van der Waals surface area contributed by atoms with Gasteiger partial charge in [0, 0.05) is 30.9 Å². The van der Waals surface area contributed by atoms with Crippen molar-refractivity contribution in [2.45, 2.75) is 19.5 Å². The van der Waals surface area contributed by atoms with Gasteiger partial charge in [-0.3, -0.25) is 0 Å². The van der Waals surface area contributed by atoms with Crippen LogP contribution in [0.2, 0.25) is 0 Å². The first kappa shape index (κ1) is 14.0. The van der Waals surface area contributed by atoms with Crippen LogP contribution in [0.4, 0.5) is 14.5 Å². The van der Waals surface area contributed by atoms with E-state index in [4.69, 9.17) is 0 Å². The number of nitrogens with one attached hydrogen (secondary N) is 1. The van der Waals surface area contributed by atoms with Crippen LogP contribution in [0.1, 0.15) is 24.1 Å². The van der Waals surface area contributed by atoms with E-state index in [9.17, 15) is 8.78 Å². The Morgan fingerprint density at radius 1 is 1.14 bits per heavy atom. The highest BCUT2D eigenvalue weighted by atomic mass is 19.1. The smallest absolute Gasteiger partial charge is 0.128 e. The van der Waals surface area contributed by atoms with Gasteiger partial charge in [-0.15, -0.1) is 0 Å². The minimum absolute atomic E-state index is 0.221. The summed E-state index contributed by atoms with van der Waals surface area (Å²) in [6.07, 6.45) is 0. The number of nitrogens with zero attached hydrogens (tertiary/aromatic N) is 1. The Labute approximate surface area is 123 Å². The summed E-state index contributed by atoms with van der Waals surface area (Å²) in [7, 11) is 0. The maximum absolute atomic E-state index is 14.0. The van der Waals surface area contributed by atoms with Gasteiger partial charge in [0.05, 0.1) is 6.04 Å². The molecule has 1 heterocycles. The van der Waals surface area contributed by atoms with Gasteiger partial charge in [0.2, 0.25) is 0 Å².